The summed E-state index contributed by atoms with van der Waals surface area (Å²) >= 11 is 1.57. The average Bonchev–Trinajstić information content (AvgIpc) is 2.81. The van der Waals surface area contributed by atoms with E-state index in [2.05, 4.69) is 10.3 Å². The van der Waals surface area contributed by atoms with Crippen molar-refractivity contribution in [1.29, 1.82) is 0 Å². The topological polar surface area (TPSA) is 67.5 Å². The minimum atomic E-state index is -0.461. The molecule has 1 aromatic heterocycles. The monoisotopic (exact) mass is 285 g/mol. The van der Waals surface area contributed by atoms with Crippen LogP contribution in [0.25, 0.3) is 0 Å². The van der Waals surface area contributed by atoms with E-state index in [0.717, 1.165) is 28.0 Å². The van der Waals surface area contributed by atoms with E-state index < -0.39 is 4.92 Å². The fourth-order valence-electron chi connectivity index (χ4n) is 2.06. The quantitative estimate of drug-likeness (QED) is 0.681. The summed E-state index contributed by atoms with van der Waals surface area (Å²) in [7, 11) is 0. The van der Waals surface area contributed by atoms with Crippen molar-refractivity contribution in [3.63, 3.8) is 0 Å². The average molecular weight is 285 g/mol. The Morgan fingerprint density at radius 2 is 2.10 bits per heavy atom. The predicted molar refractivity (Wildman–Crippen MR) is 80.0 cm³/mol. The molecule has 2 heterocycles. The van der Waals surface area contributed by atoms with Gasteiger partial charge in [-0.25, -0.2) is 0 Å². The van der Waals surface area contributed by atoms with Gasteiger partial charge < -0.3 is 5.32 Å². The lowest BCUT2D eigenvalue weighted by Crippen LogP contribution is -2.03. The molecule has 0 spiro atoms. The highest BCUT2D eigenvalue weighted by atomic mass is 32.1. The Hall–Kier alpha value is -2.47. The van der Waals surface area contributed by atoms with Gasteiger partial charge in [0.1, 0.15) is 5.70 Å². The van der Waals surface area contributed by atoms with E-state index in [4.69, 9.17) is 0 Å². The summed E-state index contributed by atoms with van der Waals surface area (Å²) in [4.78, 5) is 15.7. The van der Waals surface area contributed by atoms with Crippen molar-refractivity contribution in [2.45, 2.75) is 0 Å². The first-order chi connectivity index (χ1) is 9.74. The highest BCUT2D eigenvalue weighted by Crippen LogP contribution is 2.29. The van der Waals surface area contributed by atoms with Gasteiger partial charge in [-0.1, -0.05) is 30.3 Å². The fraction of sp³-hybridized carbons (Fsp3) is 0.0714. The molecule has 0 unspecified atom stereocenters. The SMILES string of the molecule is O=[N+]([O-])/C=C1\CN=C(c2ccccc2)c2sccc2N1. The van der Waals surface area contributed by atoms with Gasteiger partial charge in [0.15, 0.2) is 0 Å². The molecular weight excluding hydrogens is 274 g/mol. The van der Waals surface area contributed by atoms with Gasteiger partial charge in [0, 0.05) is 5.56 Å². The molecule has 100 valence electrons. The lowest BCUT2D eigenvalue weighted by Gasteiger charge is -2.04. The summed E-state index contributed by atoms with van der Waals surface area (Å²) in [6.07, 6.45) is 0.971. The number of aliphatic imine (C=N–C) groups is 1. The largest absolute Gasteiger partial charge is 0.351 e. The first-order valence-corrected chi connectivity index (χ1v) is 6.91. The van der Waals surface area contributed by atoms with Crippen molar-refractivity contribution >= 4 is 22.7 Å². The fourth-order valence-corrected chi connectivity index (χ4v) is 2.94. The van der Waals surface area contributed by atoms with Crippen LogP contribution in [0.4, 0.5) is 5.69 Å². The molecule has 0 saturated heterocycles. The van der Waals surface area contributed by atoms with Crippen LogP contribution in [0.2, 0.25) is 0 Å². The van der Waals surface area contributed by atoms with Crippen LogP contribution in [0.1, 0.15) is 10.4 Å². The molecule has 0 aliphatic carbocycles. The van der Waals surface area contributed by atoms with Gasteiger partial charge in [-0.3, -0.25) is 15.1 Å². The van der Waals surface area contributed by atoms with E-state index >= 15 is 0 Å². The molecule has 1 N–H and O–H groups in total. The van der Waals surface area contributed by atoms with Crippen LogP contribution < -0.4 is 5.32 Å². The molecule has 0 amide bonds. The van der Waals surface area contributed by atoms with E-state index in [1.165, 1.54) is 0 Å². The molecule has 5 nitrogen and oxygen atoms in total. The zero-order valence-corrected chi connectivity index (χ0v) is 11.3. The van der Waals surface area contributed by atoms with Crippen LogP contribution in [-0.2, 0) is 0 Å². The Balaban J connectivity index is 2.08. The Bertz CT molecular complexity index is 704. The van der Waals surface area contributed by atoms with Crippen molar-refractivity contribution in [1.82, 2.24) is 0 Å². The van der Waals surface area contributed by atoms with Crippen molar-refractivity contribution in [3.8, 4) is 0 Å². The number of hydrogen-bond donors (Lipinski definition) is 1. The summed E-state index contributed by atoms with van der Waals surface area (Å²) < 4.78 is 0. The standard InChI is InChI=1S/C14H11N3O2S/c18-17(19)9-11-8-15-13(10-4-2-1-3-5-10)14-12(16-11)6-7-20-14/h1-7,9,16H,8H2/b11-9+. The molecule has 3 rings (SSSR count). The van der Waals surface area contributed by atoms with Crippen molar-refractivity contribution in [2.75, 3.05) is 11.9 Å². The molecule has 1 aliphatic heterocycles. The van der Waals surface area contributed by atoms with Gasteiger partial charge in [-0.05, 0) is 11.4 Å². The van der Waals surface area contributed by atoms with Crippen LogP contribution in [-0.4, -0.2) is 17.2 Å². The van der Waals surface area contributed by atoms with Crippen LogP contribution in [0, 0.1) is 10.1 Å². The van der Waals surface area contributed by atoms with Gasteiger partial charge in [-0.2, -0.15) is 0 Å². The number of nitrogens with zero attached hydrogens (tertiary/aromatic N) is 2. The van der Waals surface area contributed by atoms with Crippen molar-refractivity contribution in [2.24, 2.45) is 4.99 Å². The molecular formula is C14H11N3O2S. The van der Waals surface area contributed by atoms with Crippen LogP contribution in [0.3, 0.4) is 0 Å². The number of nitrogens with one attached hydrogen (secondary N) is 1. The summed E-state index contributed by atoms with van der Waals surface area (Å²) in [5.41, 5.74) is 3.24. The molecule has 0 atom stereocenters. The summed E-state index contributed by atoms with van der Waals surface area (Å²) in [5.74, 6) is 0. The Labute approximate surface area is 119 Å². The molecule has 1 aromatic carbocycles. The first-order valence-electron chi connectivity index (χ1n) is 6.03. The third-order valence-corrected chi connectivity index (χ3v) is 3.81. The lowest BCUT2D eigenvalue weighted by molar-refractivity contribution is -0.403. The highest BCUT2D eigenvalue weighted by Gasteiger charge is 2.18. The van der Waals surface area contributed by atoms with Crippen molar-refractivity contribution in [3.05, 3.63) is 74.2 Å². The Morgan fingerprint density at radius 3 is 2.85 bits per heavy atom. The van der Waals surface area contributed by atoms with E-state index in [9.17, 15) is 10.1 Å². The van der Waals surface area contributed by atoms with E-state index in [1.807, 2.05) is 41.8 Å². The molecule has 0 saturated carbocycles. The minimum absolute atomic E-state index is 0.270. The maximum Gasteiger partial charge on any atom is 0.255 e. The van der Waals surface area contributed by atoms with Gasteiger partial charge in [-0.15, -0.1) is 11.3 Å². The van der Waals surface area contributed by atoms with Gasteiger partial charge in [0.05, 0.1) is 27.7 Å². The number of rotatable bonds is 2. The third kappa shape index (κ3) is 2.46. The summed E-state index contributed by atoms with van der Waals surface area (Å²) in [6, 6.07) is 11.8. The third-order valence-electron chi connectivity index (χ3n) is 2.89. The maximum absolute atomic E-state index is 10.6. The highest BCUT2D eigenvalue weighted by molar-refractivity contribution is 7.13. The summed E-state index contributed by atoms with van der Waals surface area (Å²) in [6.45, 7) is 0.270. The molecule has 0 radical (unpaired) electrons. The molecule has 0 bridgehead atoms. The zero-order chi connectivity index (χ0) is 13.9. The molecule has 1 aliphatic rings. The zero-order valence-electron chi connectivity index (χ0n) is 10.4. The lowest BCUT2D eigenvalue weighted by atomic mass is 10.1. The number of anilines is 1. The van der Waals surface area contributed by atoms with Crippen LogP contribution >= 0.6 is 11.3 Å². The van der Waals surface area contributed by atoms with Gasteiger partial charge in [0.2, 0.25) is 0 Å². The van der Waals surface area contributed by atoms with E-state index in [0.29, 0.717) is 5.70 Å². The smallest absolute Gasteiger partial charge is 0.255 e. The Kier molecular flexibility index (Phi) is 3.30. The normalized spacial score (nSPS) is 16.0. The second-order valence-corrected chi connectivity index (χ2v) is 5.18. The first kappa shape index (κ1) is 12.6. The molecule has 0 fully saturated rings. The molecule has 2 aromatic rings. The second kappa shape index (κ2) is 5.26. The number of nitro groups is 1. The number of thiophene rings is 1. The van der Waals surface area contributed by atoms with Crippen molar-refractivity contribution < 1.29 is 4.92 Å². The number of hydrogen-bond acceptors (Lipinski definition) is 5. The molecule has 20 heavy (non-hydrogen) atoms. The van der Waals surface area contributed by atoms with Gasteiger partial charge >= 0.3 is 0 Å². The second-order valence-electron chi connectivity index (χ2n) is 4.26. The predicted octanol–water partition coefficient (Wildman–Crippen LogP) is 3.13. The van der Waals surface area contributed by atoms with E-state index in [-0.39, 0.29) is 6.54 Å². The van der Waals surface area contributed by atoms with E-state index in [1.54, 1.807) is 11.3 Å². The Morgan fingerprint density at radius 1 is 1.30 bits per heavy atom. The minimum Gasteiger partial charge on any atom is -0.351 e. The maximum atomic E-state index is 10.6. The number of benzene rings is 1. The molecule has 6 heteroatoms. The van der Waals surface area contributed by atoms with Gasteiger partial charge in [0.25, 0.3) is 6.20 Å². The van der Waals surface area contributed by atoms with Crippen LogP contribution in [0.15, 0.2) is 58.7 Å². The summed E-state index contributed by atoms with van der Waals surface area (Å²) in [5, 5.41) is 15.7. The van der Waals surface area contributed by atoms with Crippen LogP contribution in [0.5, 0.6) is 0 Å². The number of fused-ring (bicyclic) bond motifs is 1.